The van der Waals surface area contributed by atoms with Crippen molar-refractivity contribution in [3.8, 4) is 0 Å². The number of nitrogens with one attached hydrogen (secondary N) is 3. The number of amides is 1. The summed E-state index contributed by atoms with van der Waals surface area (Å²) in [6.45, 7) is 4.54. The molecule has 3 N–H and O–H groups in total. The first-order chi connectivity index (χ1) is 10.8. The lowest BCUT2D eigenvalue weighted by Gasteiger charge is -2.13. The molecule has 0 bridgehead atoms. The lowest BCUT2D eigenvalue weighted by atomic mass is 10.0. The van der Waals surface area contributed by atoms with Crippen molar-refractivity contribution >= 4 is 35.8 Å². The van der Waals surface area contributed by atoms with Crippen molar-refractivity contribution in [3.05, 3.63) is 0 Å². The summed E-state index contributed by atoms with van der Waals surface area (Å²) in [5.41, 5.74) is 0. The van der Waals surface area contributed by atoms with Crippen molar-refractivity contribution in [2.45, 2.75) is 64.7 Å². The van der Waals surface area contributed by atoms with Gasteiger partial charge in [-0.25, -0.2) is 0 Å². The molecule has 0 atom stereocenters. The number of hydrogen-bond donors (Lipinski definition) is 3. The van der Waals surface area contributed by atoms with Crippen molar-refractivity contribution < 1.29 is 4.79 Å². The first-order valence-electron chi connectivity index (χ1n) is 8.97. The summed E-state index contributed by atoms with van der Waals surface area (Å²) in [5, 5.41) is 9.52. The fourth-order valence-electron chi connectivity index (χ4n) is 2.91. The van der Waals surface area contributed by atoms with E-state index in [1.165, 1.54) is 51.4 Å². The van der Waals surface area contributed by atoms with E-state index in [-0.39, 0.29) is 29.9 Å². The molecule has 0 aromatic rings. The molecule has 23 heavy (non-hydrogen) atoms. The molecule has 6 heteroatoms. The molecule has 1 amide bonds. The van der Waals surface area contributed by atoms with Crippen LogP contribution < -0.4 is 16.0 Å². The van der Waals surface area contributed by atoms with E-state index in [1.54, 1.807) is 7.05 Å². The summed E-state index contributed by atoms with van der Waals surface area (Å²) in [6, 6.07) is 0. The summed E-state index contributed by atoms with van der Waals surface area (Å²) in [6.07, 6.45) is 10.7. The predicted octanol–water partition coefficient (Wildman–Crippen LogP) is 3.05. The number of aliphatic imine (C=N–C) groups is 1. The molecule has 0 heterocycles. The van der Waals surface area contributed by atoms with Gasteiger partial charge in [-0.15, -0.1) is 24.0 Å². The topological polar surface area (TPSA) is 65.5 Å². The Kier molecular flexibility index (Phi) is 14.7. The second-order valence-electron chi connectivity index (χ2n) is 6.19. The van der Waals surface area contributed by atoms with Gasteiger partial charge in [-0.3, -0.25) is 9.79 Å². The Labute approximate surface area is 158 Å². The third-order valence-electron chi connectivity index (χ3n) is 4.23. The van der Waals surface area contributed by atoms with Gasteiger partial charge in [-0.1, -0.05) is 39.0 Å². The molecule has 0 aliphatic heterocycles. The number of carbonyl (C=O) groups excluding carboxylic acids is 1. The van der Waals surface area contributed by atoms with Crippen LogP contribution in [0.25, 0.3) is 0 Å². The molecule has 1 aliphatic rings. The maximum absolute atomic E-state index is 11.8. The van der Waals surface area contributed by atoms with Gasteiger partial charge in [0.1, 0.15) is 0 Å². The van der Waals surface area contributed by atoms with Gasteiger partial charge in [0.15, 0.2) is 5.96 Å². The van der Waals surface area contributed by atoms with E-state index in [9.17, 15) is 4.79 Å². The number of halogens is 1. The highest BCUT2D eigenvalue weighted by Gasteiger charge is 2.17. The van der Waals surface area contributed by atoms with Gasteiger partial charge in [0.05, 0.1) is 0 Å². The molecular formula is C17H35IN4O. The lowest BCUT2D eigenvalue weighted by Crippen LogP contribution is -2.41. The summed E-state index contributed by atoms with van der Waals surface area (Å²) >= 11 is 0. The highest BCUT2D eigenvalue weighted by Crippen LogP contribution is 2.27. The van der Waals surface area contributed by atoms with Crippen LogP contribution in [0, 0.1) is 5.92 Å². The Morgan fingerprint density at radius 1 is 1.00 bits per heavy atom. The van der Waals surface area contributed by atoms with Crippen molar-refractivity contribution in [2.24, 2.45) is 10.9 Å². The molecule has 0 unspecified atom stereocenters. The van der Waals surface area contributed by atoms with Crippen LogP contribution in [0.4, 0.5) is 0 Å². The Hall–Kier alpha value is -0.530. The van der Waals surface area contributed by atoms with E-state index >= 15 is 0 Å². The molecule has 0 saturated heterocycles. The number of hydrogen-bond acceptors (Lipinski definition) is 2. The Morgan fingerprint density at radius 2 is 1.65 bits per heavy atom. The molecule has 5 nitrogen and oxygen atoms in total. The third-order valence-corrected chi connectivity index (χ3v) is 4.23. The van der Waals surface area contributed by atoms with Gasteiger partial charge in [0.2, 0.25) is 5.91 Å². The smallest absolute Gasteiger partial charge is 0.220 e. The fraction of sp³-hybridized carbons (Fsp3) is 0.882. The molecule has 0 aromatic heterocycles. The zero-order valence-corrected chi connectivity index (χ0v) is 17.2. The maximum atomic E-state index is 11.8. The molecule has 1 rings (SSSR count). The molecule has 0 radical (unpaired) electrons. The van der Waals surface area contributed by atoms with E-state index in [2.05, 4.69) is 27.9 Å². The maximum Gasteiger partial charge on any atom is 0.220 e. The van der Waals surface area contributed by atoms with Crippen LogP contribution in [-0.2, 0) is 4.79 Å². The average Bonchev–Trinajstić information content (AvgIpc) is 3.02. The van der Waals surface area contributed by atoms with E-state index in [4.69, 9.17) is 0 Å². The third kappa shape index (κ3) is 11.6. The van der Waals surface area contributed by atoms with E-state index in [1.807, 2.05) is 0 Å². The minimum atomic E-state index is 0. The Morgan fingerprint density at radius 3 is 2.30 bits per heavy atom. The molecule has 1 aliphatic carbocycles. The van der Waals surface area contributed by atoms with Gasteiger partial charge in [0, 0.05) is 33.1 Å². The molecule has 0 spiro atoms. The molecule has 1 saturated carbocycles. The zero-order valence-electron chi connectivity index (χ0n) is 14.8. The monoisotopic (exact) mass is 438 g/mol. The van der Waals surface area contributed by atoms with Gasteiger partial charge in [-0.05, 0) is 25.2 Å². The van der Waals surface area contributed by atoms with Crippen LogP contribution >= 0.6 is 24.0 Å². The fourth-order valence-corrected chi connectivity index (χ4v) is 2.91. The van der Waals surface area contributed by atoms with Gasteiger partial charge in [0.25, 0.3) is 0 Å². The number of rotatable bonds is 10. The van der Waals surface area contributed by atoms with E-state index < -0.39 is 0 Å². The number of guanidine groups is 1. The number of unbranched alkanes of at least 4 members (excludes halogenated alkanes) is 3. The first kappa shape index (κ1) is 22.5. The van der Waals surface area contributed by atoms with Crippen molar-refractivity contribution in [2.75, 3.05) is 26.7 Å². The molecule has 0 aromatic carbocycles. The highest BCUT2D eigenvalue weighted by molar-refractivity contribution is 14.0. The average molecular weight is 438 g/mol. The number of nitrogens with zero attached hydrogens (tertiary/aromatic N) is 1. The molecule has 1 fully saturated rings. The highest BCUT2D eigenvalue weighted by atomic mass is 127. The normalized spacial score (nSPS) is 15.1. The van der Waals surface area contributed by atoms with Crippen LogP contribution in [0.1, 0.15) is 64.7 Å². The van der Waals surface area contributed by atoms with Gasteiger partial charge < -0.3 is 16.0 Å². The van der Waals surface area contributed by atoms with Crippen molar-refractivity contribution in [3.63, 3.8) is 0 Å². The van der Waals surface area contributed by atoms with E-state index in [0.717, 1.165) is 12.5 Å². The SMILES string of the molecule is CCCCCCNC(=NC)NCCNC(=O)CC1CCCC1.I. The summed E-state index contributed by atoms with van der Waals surface area (Å²) < 4.78 is 0. The van der Waals surface area contributed by atoms with Crippen LogP contribution in [0.3, 0.4) is 0 Å². The molecule has 136 valence electrons. The van der Waals surface area contributed by atoms with Gasteiger partial charge in [-0.2, -0.15) is 0 Å². The second kappa shape index (κ2) is 15.0. The largest absolute Gasteiger partial charge is 0.356 e. The summed E-state index contributed by atoms with van der Waals surface area (Å²) in [7, 11) is 1.78. The van der Waals surface area contributed by atoms with Crippen LogP contribution in [-0.4, -0.2) is 38.5 Å². The minimum absolute atomic E-state index is 0. The van der Waals surface area contributed by atoms with Crippen molar-refractivity contribution in [1.82, 2.24) is 16.0 Å². The Bertz CT molecular complexity index is 331. The standard InChI is InChI=1S/C17H34N4O.HI/c1-3-4-5-8-11-20-17(18-2)21-13-12-19-16(22)14-15-9-6-7-10-15;/h15H,3-14H2,1-2H3,(H,19,22)(H2,18,20,21);1H. The predicted molar refractivity (Wildman–Crippen MR) is 109 cm³/mol. The number of carbonyl (C=O) groups is 1. The first-order valence-corrected chi connectivity index (χ1v) is 8.97. The van der Waals surface area contributed by atoms with Crippen LogP contribution in [0.2, 0.25) is 0 Å². The zero-order chi connectivity index (χ0) is 16.0. The minimum Gasteiger partial charge on any atom is -0.356 e. The quantitative estimate of drug-likeness (QED) is 0.213. The second-order valence-corrected chi connectivity index (χ2v) is 6.19. The van der Waals surface area contributed by atoms with Gasteiger partial charge >= 0.3 is 0 Å². The Balaban J connectivity index is 0.00000484. The van der Waals surface area contributed by atoms with Crippen molar-refractivity contribution in [1.29, 1.82) is 0 Å². The van der Waals surface area contributed by atoms with Crippen LogP contribution in [0.5, 0.6) is 0 Å². The summed E-state index contributed by atoms with van der Waals surface area (Å²) in [4.78, 5) is 16.0. The van der Waals surface area contributed by atoms with E-state index in [0.29, 0.717) is 25.4 Å². The van der Waals surface area contributed by atoms with Crippen LogP contribution in [0.15, 0.2) is 4.99 Å². The summed E-state index contributed by atoms with van der Waals surface area (Å²) in [5.74, 6) is 1.63. The lowest BCUT2D eigenvalue weighted by molar-refractivity contribution is -0.121. The molecular weight excluding hydrogens is 403 g/mol.